The lowest BCUT2D eigenvalue weighted by atomic mass is 9.53. The van der Waals surface area contributed by atoms with Gasteiger partial charge in [-0.1, -0.05) is 6.07 Å². The minimum absolute atomic E-state index is 0.122. The monoisotopic (exact) mass is 369 g/mol. The summed E-state index contributed by atoms with van der Waals surface area (Å²) in [5.74, 6) is 2.12. The summed E-state index contributed by atoms with van der Waals surface area (Å²) >= 11 is 0. The second kappa shape index (κ2) is 5.50. The third-order valence-electron chi connectivity index (χ3n) is 6.82. The van der Waals surface area contributed by atoms with Crippen LogP contribution in [0.25, 0.3) is 0 Å². The highest BCUT2D eigenvalue weighted by atomic mass is 16.6. The molecule has 0 aromatic heterocycles. The van der Waals surface area contributed by atoms with Gasteiger partial charge >= 0.3 is 5.97 Å². The molecule has 5 rings (SSSR count). The van der Waals surface area contributed by atoms with Crippen LogP contribution in [-0.2, 0) is 26.2 Å². The van der Waals surface area contributed by atoms with Gasteiger partial charge in [-0.25, -0.2) is 0 Å². The molecule has 2 heterocycles. The number of ether oxygens (including phenoxy) is 3. The fourth-order valence-electron chi connectivity index (χ4n) is 5.93. The maximum absolute atomic E-state index is 12.3. The van der Waals surface area contributed by atoms with Crippen molar-refractivity contribution in [3.8, 4) is 11.5 Å². The first-order valence-electron chi connectivity index (χ1n) is 9.50. The summed E-state index contributed by atoms with van der Waals surface area (Å²) in [5, 5.41) is 0. The molecule has 1 fully saturated rings. The summed E-state index contributed by atoms with van der Waals surface area (Å²) in [4.78, 5) is 26.0. The highest BCUT2D eigenvalue weighted by Gasteiger charge is 2.65. The quantitative estimate of drug-likeness (QED) is 0.749. The molecular weight excluding hydrogens is 346 g/mol. The topological polar surface area (TPSA) is 65.1 Å². The van der Waals surface area contributed by atoms with E-state index in [9.17, 15) is 9.59 Å². The van der Waals surface area contributed by atoms with Gasteiger partial charge in [0.05, 0.1) is 12.5 Å². The Bertz CT molecular complexity index is 891. The van der Waals surface area contributed by atoms with Gasteiger partial charge in [-0.3, -0.25) is 9.59 Å². The SMILES string of the molecule is COc1ccc2c3c1O[C@H]1C(OC(C)=O)=CC[C@H]4[C@@H](C2)N(C(C)=O)CC[C@]314. The van der Waals surface area contributed by atoms with Crippen molar-refractivity contribution in [2.45, 2.75) is 50.7 Å². The van der Waals surface area contributed by atoms with E-state index in [1.807, 2.05) is 17.0 Å². The molecule has 0 unspecified atom stereocenters. The van der Waals surface area contributed by atoms with Crippen molar-refractivity contribution in [1.82, 2.24) is 4.90 Å². The van der Waals surface area contributed by atoms with Crippen molar-refractivity contribution in [3.05, 3.63) is 35.1 Å². The predicted octanol–water partition coefficient (Wildman–Crippen LogP) is 2.34. The molecule has 1 aromatic carbocycles. The van der Waals surface area contributed by atoms with Crippen LogP contribution in [0.3, 0.4) is 0 Å². The van der Waals surface area contributed by atoms with Crippen LogP contribution in [0.4, 0.5) is 0 Å². The molecule has 1 aromatic rings. The van der Waals surface area contributed by atoms with Crippen LogP contribution in [0.15, 0.2) is 24.0 Å². The molecule has 6 nitrogen and oxygen atoms in total. The zero-order valence-corrected chi connectivity index (χ0v) is 15.8. The van der Waals surface area contributed by atoms with Crippen molar-refractivity contribution >= 4 is 11.9 Å². The van der Waals surface area contributed by atoms with Gasteiger partial charge in [0.15, 0.2) is 17.6 Å². The Labute approximate surface area is 158 Å². The highest BCUT2D eigenvalue weighted by Crippen LogP contribution is 2.63. The largest absolute Gasteiger partial charge is 0.493 e. The maximum atomic E-state index is 12.3. The van der Waals surface area contributed by atoms with Gasteiger partial charge in [-0.15, -0.1) is 0 Å². The van der Waals surface area contributed by atoms with E-state index in [1.165, 1.54) is 18.1 Å². The Balaban J connectivity index is 1.73. The Morgan fingerprint density at radius 2 is 2.11 bits per heavy atom. The molecular formula is C21H23NO5. The molecule has 1 amide bonds. The molecule has 2 aliphatic carbocycles. The van der Waals surface area contributed by atoms with Crippen molar-refractivity contribution in [2.24, 2.45) is 5.92 Å². The molecule has 4 atom stereocenters. The first-order valence-corrected chi connectivity index (χ1v) is 9.50. The third-order valence-corrected chi connectivity index (χ3v) is 6.82. The van der Waals surface area contributed by atoms with Crippen LogP contribution in [0, 0.1) is 5.92 Å². The second-order valence-corrected chi connectivity index (χ2v) is 7.95. The molecule has 0 saturated carbocycles. The van der Waals surface area contributed by atoms with Gasteiger partial charge in [0.2, 0.25) is 5.91 Å². The fourth-order valence-corrected chi connectivity index (χ4v) is 5.93. The zero-order valence-electron chi connectivity index (χ0n) is 15.8. The van der Waals surface area contributed by atoms with Crippen LogP contribution in [0.1, 0.15) is 37.8 Å². The number of piperidine rings is 1. The molecule has 1 spiro atoms. The maximum Gasteiger partial charge on any atom is 0.307 e. The van der Waals surface area contributed by atoms with Crippen LogP contribution in [0.5, 0.6) is 11.5 Å². The predicted molar refractivity (Wildman–Crippen MR) is 96.5 cm³/mol. The average molecular weight is 369 g/mol. The first kappa shape index (κ1) is 16.7. The number of carbonyl (C=O) groups is 2. The summed E-state index contributed by atoms with van der Waals surface area (Å²) in [7, 11) is 1.64. The van der Waals surface area contributed by atoms with E-state index in [-0.39, 0.29) is 35.4 Å². The van der Waals surface area contributed by atoms with Crippen LogP contribution in [-0.4, -0.2) is 42.6 Å². The lowest BCUT2D eigenvalue weighted by Gasteiger charge is -2.57. The summed E-state index contributed by atoms with van der Waals surface area (Å²) < 4.78 is 17.6. The van der Waals surface area contributed by atoms with Gasteiger partial charge in [0.25, 0.3) is 0 Å². The lowest BCUT2D eigenvalue weighted by molar-refractivity contribution is -0.142. The number of esters is 1. The molecule has 27 heavy (non-hydrogen) atoms. The van der Waals surface area contributed by atoms with Crippen molar-refractivity contribution in [2.75, 3.05) is 13.7 Å². The molecule has 0 N–H and O–H groups in total. The lowest BCUT2D eigenvalue weighted by Crippen LogP contribution is -2.65. The molecule has 2 aliphatic heterocycles. The minimum atomic E-state index is -0.345. The Morgan fingerprint density at radius 3 is 2.81 bits per heavy atom. The van der Waals surface area contributed by atoms with E-state index in [2.05, 4.69) is 6.07 Å². The Morgan fingerprint density at radius 1 is 1.30 bits per heavy atom. The average Bonchev–Trinajstić information content (AvgIpc) is 2.96. The summed E-state index contributed by atoms with van der Waals surface area (Å²) in [5.41, 5.74) is 2.15. The standard InChI is InChI=1S/C21H23NO5/c1-11(23)22-9-8-21-14-5-7-17(26-12(2)24)20(21)27-19-16(25-3)6-4-13(18(19)21)10-15(14)22/h4,6-7,14-15,20H,5,8-10H2,1-3H3/t14-,15+,20-,21-/m0/s1. The number of rotatable bonds is 2. The number of likely N-dealkylation sites (tertiary alicyclic amines) is 1. The van der Waals surface area contributed by atoms with Gasteiger partial charge in [-0.05, 0) is 42.9 Å². The molecule has 4 aliphatic rings. The minimum Gasteiger partial charge on any atom is -0.493 e. The van der Waals surface area contributed by atoms with Gasteiger partial charge < -0.3 is 19.1 Å². The van der Waals surface area contributed by atoms with E-state index >= 15 is 0 Å². The van der Waals surface area contributed by atoms with Crippen LogP contribution < -0.4 is 9.47 Å². The Kier molecular flexibility index (Phi) is 3.39. The number of carbonyl (C=O) groups excluding carboxylic acids is 2. The van der Waals surface area contributed by atoms with Crippen molar-refractivity contribution < 1.29 is 23.8 Å². The normalized spacial score (nSPS) is 32.2. The van der Waals surface area contributed by atoms with Crippen LogP contribution in [0.2, 0.25) is 0 Å². The van der Waals surface area contributed by atoms with E-state index in [4.69, 9.17) is 14.2 Å². The van der Waals surface area contributed by atoms with E-state index in [0.717, 1.165) is 25.0 Å². The van der Waals surface area contributed by atoms with Crippen molar-refractivity contribution in [3.63, 3.8) is 0 Å². The van der Waals surface area contributed by atoms with E-state index in [0.29, 0.717) is 18.1 Å². The molecule has 142 valence electrons. The molecule has 0 radical (unpaired) electrons. The van der Waals surface area contributed by atoms with Gasteiger partial charge in [0.1, 0.15) is 5.76 Å². The highest BCUT2D eigenvalue weighted by molar-refractivity contribution is 5.75. The number of hydrogen-bond acceptors (Lipinski definition) is 5. The Hall–Kier alpha value is -2.50. The van der Waals surface area contributed by atoms with Crippen molar-refractivity contribution in [1.29, 1.82) is 0 Å². The van der Waals surface area contributed by atoms with E-state index < -0.39 is 0 Å². The molecule has 6 heteroatoms. The smallest absolute Gasteiger partial charge is 0.307 e. The molecule has 1 saturated heterocycles. The zero-order chi connectivity index (χ0) is 18.9. The van der Waals surface area contributed by atoms with Gasteiger partial charge in [0, 0.05) is 32.0 Å². The number of methoxy groups -OCH3 is 1. The first-order chi connectivity index (χ1) is 13.0. The summed E-state index contributed by atoms with van der Waals surface area (Å²) in [6.07, 6.45) is 4.03. The molecule has 2 bridgehead atoms. The number of benzene rings is 1. The van der Waals surface area contributed by atoms with E-state index in [1.54, 1.807) is 14.0 Å². The third kappa shape index (κ3) is 2.01. The number of nitrogens with zero attached hydrogens (tertiary/aromatic N) is 1. The summed E-state index contributed by atoms with van der Waals surface area (Å²) in [6.45, 7) is 3.76. The van der Waals surface area contributed by atoms with Crippen LogP contribution >= 0.6 is 0 Å². The summed E-state index contributed by atoms with van der Waals surface area (Å²) in [6, 6.07) is 4.18. The number of hydrogen-bond donors (Lipinski definition) is 0. The second-order valence-electron chi connectivity index (χ2n) is 7.95. The number of allylic oxidation sites excluding steroid dienone is 1. The number of amides is 1. The van der Waals surface area contributed by atoms with Gasteiger partial charge in [-0.2, -0.15) is 0 Å². The fraction of sp³-hybridized carbons (Fsp3) is 0.524.